The first-order valence-corrected chi connectivity index (χ1v) is 7.73. The van der Waals surface area contributed by atoms with Crippen molar-refractivity contribution in [2.75, 3.05) is 12.4 Å². The minimum absolute atomic E-state index is 0.0450. The highest BCUT2D eigenvalue weighted by Gasteiger charge is 2.18. The Labute approximate surface area is 126 Å². The Morgan fingerprint density at radius 2 is 2.19 bits per heavy atom. The average molecular weight is 303 g/mol. The Morgan fingerprint density at radius 1 is 1.33 bits per heavy atom. The third kappa shape index (κ3) is 2.54. The van der Waals surface area contributed by atoms with Crippen molar-refractivity contribution in [3.05, 3.63) is 45.0 Å². The van der Waals surface area contributed by atoms with Gasteiger partial charge in [0.2, 0.25) is 0 Å². The number of rotatable bonds is 5. The molecule has 5 nitrogen and oxygen atoms in total. The number of para-hydroxylation sites is 1. The first-order chi connectivity index (χ1) is 10.2. The van der Waals surface area contributed by atoms with E-state index in [9.17, 15) is 4.79 Å². The second kappa shape index (κ2) is 5.65. The fourth-order valence-corrected chi connectivity index (χ4v) is 3.40. The van der Waals surface area contributed by atoms with Crippen LogP contribution in [0.1, 0.15) is 24.3 Å². The second-order valence-electron chi connectivity index (χ2n) is 4.72. The van der Waals surface area contributed by atoms with Crippen LogP contribution in [0.5, 0.6) is 5.75 Å². The maximum atomic E-state index is 11.5. The number of anilines is 1. The monoisotopic (exact) mass is 303 g/mol. The zero-order chi connectivity index (χ0) is 14.8. The standard InChI is InChI=1S/C15H17N3O2S/c1-3-11(14-10(16-2)7-8-21-14)20-12-6-4-5-9-13(12)18-15(19)17-9/h4-8,11,16H,3H2,1-2H3,(H2,17,18,19)/t11-/m0/s1. The van der Waals surface area contributed by atoms with Gasteiger partial charge in [-0.25, -0.2) is 4.79 Å². The lowest BCUT2D eigenvalue weighted by atomic mass is 10.2. The highest BCUT2D eigenvalue weighted by atomic mass is 32.1. The van der Waals surface area contributed by atoms with Gasteiger partial charge in [0.25, 0.3) is 0 Å². The number of aromatic nitrogens is 2. The molecular formula is C15H17N3O2S. The minimum Gasteiger partial charge on any atom is -0.483 e. The van der Waals surface area contributed by atoms with E-state index in [-0.39, 0.29) is 11.8 Å². The maximum Gasteiger partial charge on any atom is 0.323 e. The molecule has 0 unspecified atom stereocenters. The summed E-state index contributed by atoms with van der Waals surface area (Å²) in [6, 6.07) is 7.65. The predicted molar refractivity (Wildman–Crippen MR) is 86.4 cm³/mol. The van der Waals surface area contributed by atoms with Crippen molar-refractivity contribution in [2.24, 2.45) is 0 Å². The highest BCUT2D eigenvalue weighted by molar-refractivity contribution is 7.10. The van der Waals surface area contributed by atoms with Crippen molar-refractivity contribution in [1.29, 1.82) is 0 Å². The molecule has 0 aliphatic carbocycles. The van der Waals surface area contributed by atoms with Crippen LogP contribution in [0.3, 0.4) is 0 Å². The van der Waals surface area contributed by atoms with Crippen molar-refractivity contribution in [1.82, 2.24) is 9.97 Å². The average Bonchev–Trinajstić information content (AvgIpc) is 3.09. The number of ether oxygens (including phenoxy) is 1. The largest absolute Gasteiger partial charge is 0.483 e. The van der Waals surface area contributed by atoms with Crippen LogP contribution in [-0.4, -0.2) is 17.0 Å². The van der Waals surface area contributed by atoms with Gasteiger partial charge in [0.1, 0.15) is 17.4 Å². The summed E-state index contributed by atoms with van der Waals surface area (Å²) in [5.74, 6) is 0.688. The molecule has 0 saturated heterocycles. The van der Waals surface area contributed by atoms with E-state index in [1.165, 1.54) is 0 Å². The van der Waals surface area contributed by atoms with Gasteiger partial charge in [0, 0.05) is 7.05 Å². The minimum atomic E-state index is -0.221. The van der Waals surface area contributed by atoms with E-state index < -0.39 is 0 Å². The third-order valence-corrected chi connectivity index (χ3v) is 4.42. The van der Waals surface area contributed by atoms with E-state index in [0.717, 1.165) is 22.5 Å². The van der Waals surface area contributed by atoms with Crippen molar-refractivity contribution in [2.45, 2.75) is 19.4 Å². The van der Waals surface area contributed by atoms with Crippen LogP contribution < -0.4 is 15.7 Å². The molecule has 0 aliphatic rings. The number of H-pyrrole nitrogens is 2. The number of nitrogens with one attached hydrogen (secondary N) is 3. The second-order valence-corrected chi connectivity index (χ2v) is 5.67. The highest BCUT2D eigenvalue weighted by Crippen LogP contribution is 2.35. The number of imidazole rings is 1. The van der Waals surface area contributed by atoms with Gasteiger partial charge in [-0.15, -0.1) is 11.3 Å². The molecule has 110 valence electrons. The first kappa shape index (κ1) is 13.8. The number of thiophene rings is 1. The molecule has 0 fully saturated rings. The Hall–Kier alpha value is -2.21. The van der Waals surface area contributed by atoms with Gasteiger partial charge in [-0.3, -0.25) is 0 Å². The summed E-state index contributed by atoms with van der Waals surface area (Å²) in [6.45, 7) is 2.09. The van der Waals surface area contributed by atoms with Gasteiger partial charge in [0.05, 0.1) is 16.1 Å². The zero-order valence-corrected chi connectivity index (χ0v) is 12.7. The molecule has 0 bridgehead atoms. The van der Waals surface area contributed by atoms with E-state index in [1.807, 2.05) is 36.7 Å². The molecule has 0 spiro atoms. The topological polar surface area (TPSA) is 69.9 Å². The molecule has 2 aromatic heterocycles. The van der Waals surface area contributed by atoms with Gasteiger partial charge in [0.15, 0.2) is 0 Å². The quantitative estimate of drug-likeness (QED) is 0.675. The third-order valence-electron chi connectivity index (χ3n) is 3.41. The molecule has 0 amide bonds. The van der Waals surface area contributed by atoms with Crippen molar-refractivity contribution in [3.63, 3.8) is 0 Å². The summed E-state index contributed by atoms with van der Waals surface area (Å²) in [4.78, 5) is 18.1. The van der Waals surface area contributed by atoms with Crippen molar-refractivity contribution in [3.8, 4) is 5.75 Å². The van der Waals surface area contributed by atoms with Gasteiger partial charge in [-0.2, -0.15) is 0 Å². The molecule has 0 saturated carbocycles. The lowest BCUT2D eigenvalue weighted by Gasteiger charge is -2.18. The number of aromatic amines is 2. The van der Waals surface area contributed by atoms with E-state index in [1.54, 1.807) is 11.3 Å². The molecule has 3 rings (SSSR count). The van der Waals surface area contributed by atoms with Crippen LogP contribution >= 0.6 is 11.3 Å². The van der Waals surface area contributed by atoms with E-state index in [0.29, 0.717) is 11.3 Å². The summed E-state index contributed by atoms with van der Waals surface area (Å²) >= 11 is 1.67. The van der Waals surface area contributed by atoms with Crippen LogP contribution in [0, 0.1) is 0 Å². The Bertz CT molecular complexity index is 802. The number of hydrogen-bond donors (Lipinski definition) is 3. The summed E-state index contributed by atoms with van der Waals surface area (Å²) in [7, 11) is 1.91. The molecule has 1 aromatic carbocycles. The summed E-state index contributed by atoms with van der Waals surface area (Å²) < 4.78 is 6.16. The fourth-order valence-electron chi connectivity index (χ4n) is 2.38. The van der Waals surface area contributed by atoms with Gasteiger partial charge < -0.3 is 20.0 Å². The Kier molecular flexibility index (Phi) is 3.70. The number of fused-ring (bicyclic) bond motifs is 1. The summed E-state index contributed by atoms with van der Waals surface area (Å²) in [5, 5.41) is 5.23. The normalized spacial score (nSPS) is 12.5. The smallest absolute Gasteiger partial charge is 0.323 e. The number of hydrogen-bond acceptors (Lipinski definition) is 4. The van der Waals surface area contributed by atoms with Gasteiger partial charge in [-0.05, 0) is 30.0 Å². The molecule has 1 atom stereocenters. The van der Waals surface area contributed by atoms with E-state index >= 15 is 0 Å². The lowest BCUT2D eigenvalue weighted by Crippen LogP contribution is -2.07. The maximum absolute atomic E-state index is 11.5. The molecule has 0 aliphatic heterocycles. The van der Waals surface area contributed by atoms with Crippen molar-refractivity contribution < 1.29 is 4.74 Å². The first-order valence-electron chi connectivity index (χ1n) is 6.85. The van der Waals surface area contributed by atoms with Crippen LogP contribution in [0.25, 0.3) is 11.0 Å². The summed E-state index contributed by atoms with van der Waals surface area (Å²) in [5.41, 5.74) is 2.33. The van der Waals surface area contributed by atoms with Crippen LogP contribution in [-0.2, 0) is 0 Å². The van der Waals surface area contributed by atoms with E-state index in [2.05, 4.69) is 22.2 Å². The molecule has 21 heavy (non-hydrogen) atoms. The molecular weight excluding hydrogens is 286 g/mol. The Morgan fingerprint density at radius 3 is 2.95 bits per heavy atom. The molecule has 6 heteroatoms. The predicted octanol–water partition coefficient (Wildman–Crippen LogP) is 3.49. The molecule has 3 N–H and O–H groups in total. The molecule has 2 heterocycles. The van der Waals surface area contributed by atoms with Crippen LogP contribution in [0.4, 0.5) is 5.69 Å². The van der Waals surface area contributed by atoms with Crippen LogP contribution in [0.15, 0.2) is 34.4 Å². The van der Waals surface area contributed by atoms with Crippen molar-refractivity contribution >= 4 is 28.1 Å². The fraction of sp³-hybridized carbons (Fsp3) is 0.267. The molecule has 3 aromatic rings. The van der Waals surface area contributed by atoms with E-state index in [4.69, 9.17) is 4.74 Å². The van der Waals surface area contributed by atoms with Gasteiger partial charge >= 0.3 is 5.69 Å². The summed E-state index contributed by atoms with van der Waals surface area (Å²) in [6.07, 6.45) is 0.803. The SMILES string of the molecule is CC[C@H](Oc1cccc2[nH]c(=O)[nH]c12)c1sccc1NC. The lowest BCUT2D eigenvalue weighted by molar-refractivity contribution is 0.208. The Balaban J connectivity index is 1.98. The van der Waals surface area contributed by atoms with Crippen LogP contribution in [0.2, 0.25) is 0 Å². The van der Waals surface area contributed by atoms with Gasteiger partial charge in [-0.1, -0.05) is 13.0 Å². The molecule has 0 radical (unpaired) electrons. The number of benzene rings is 1. The zero-order valence-electron chi connectivity index (χ0n) is 11.9.